The molecule has 22 heavy (non-hydrogen) atoms. The summed E-state index contributed by atoms with van der Waals surface area (Å²) in [5, 5.41) is 9.09. The molecule has 0 aliphatic heterocycles. The Bertz CT molecular complexity index is 535. The number of rotatable bonds is 2. The summed E-state index contributed by atoms with van der Waals surface area (Å²) in [5.41, 5.74) is -7.70. The molecular formula is C10H6F9NOS. The number of halogens is 9. The lowest BCUT2D eigenvalue weighted by Gasteiger charge is -2.33. The molecule has 0 aliphatic rings. The smallest absolute Gasteiger partial charge is 0.398 e. The Labute approximate surface area is 121 Å². The summed E-state index contributed by atoms with van der Waals surface area (Å²) in [6.07, 6.45) is -12.4. The van der Waals surface area contributed by atoms with E-state index in [0.29, 0.717) is 6.07 Å². The van der Waals surface area contributed by atoms with Crippen LogP contribution in [0.4, 0.5) is 45.2 Å². The largest absolute Gasteiger partial charge is 0.446 e. The second kappa shape index (κ2) is 5.41. The summed E-state index contributed by atoms with van der Waals surface area (Å²) in [6, 6.07) is 0.497. The molecule has 0 atom stereocenters. The third kappa shape index (κ3) is 3.54. The topological polar surface area (TPSA) is 46.2 Å². The number of anilines is 1. The van der Waals surface area contributed by atoms with Crippen LogP contribution in [0.15, 0.2) is 23.1 Å². The monoisotopic (exact) mass is 359 g/mol. The van der Waals surface area contributed by atoms with Gasteiger partial charge in [0.2, 0.25) is 0 Å². The Morgan fingerprint density at radius 3 is 1.68 bits per heavy atom. The molecule has 3 N–H and O–H groups in total. The van der Waals surface area contributed by atoms with Crippen LogP contribution >= 0.6 is 11.8 Å². The van der Waals surface area contributed by atoms with Crippen molar-refractivity contribution in [3.05, 3.63) is 23.8 Å². The minimum atomic E-state index is -6.19. The Hall–Kier alpha value is -1.30. The molecule has 0 unspecified atom stereocenters. The number of nitrogens with two attached hydrogens (primary N) is 1. The van der Waals surface area contributed by atoms with Crippen molar-refractivity contribution in [1.82, 2.24) is 0 Å². The standard InChI is InChI=1S/C10H6F9NOS/c11-8(12,13)7(21,9(14,15)16)4-1-2-5(20)6(3-4)22-10(17,18)19/h1-3,21H,20H2. The number of aliphatic hydroxyl groups is 1. The van der Waals surface area contributed by atoms with E-state index in [-0.39, 0.29) is 12.1 Å². The molecule has 0 fully saturated rings. The molecule has 0 aliphatic carbocycles. The highest BCUT2D eigenvalue weighted by Gasteiger charge is 2.71. The number of thioether (sulfide) groups is 1. The van der Waals surface area contributed by atoms with Gasteiger partial charge in [-0.3, -0.25) is 0 Å². The van der Waals surface area contributed by atoms with Gasteiger partial charge in [-0.25, -0.2) is 0 Å². The second-order valence-corrected chi connectivity index (χ2v) is 5.11. The molecule has 0 saturated carbocycles. The first-order chi connectivity index (χ1) is 9.59. The molecule has 0 aromatic heterocycles. The van der Waals surface area contributed by atoms with Crippen LogP contribution in [0.25, 0.3) is 0 Å². The Kier molecular flexibility index (Phi) is 4.61. The number of benzene rings is 1. The van der Waals surface area contributed by atoms with Crippen molar-refractivity contribution in [2.75, 3.05) is 5.73 Å². The van der Waals surface area contributed by atoms with Gasteiger partial charge in [0.15, 0.2) is 0 Å². The Morgan fingerprint density at radius 1 is 0.864 bits per heavy atom. The van der Waals surface area contributed by atoms with Crippen LogP contribution in [0.1, 0.15) is 5.56 Å². The number of alkyl halides is 9. The molecule has 1 rings (SSSR count). The van der Waals surface area contributed by atoms with Crippen LogP contribution in [-0.4, -0.2) is 23.0 Å². The first-order valence-electron chi connectivity index (χ1n) is 5.11. The zero-order valence-corrected chi connectivity index (χ0v) is 10.9. The second-order valence-electron chi connectivity index (χ2n) is 4.01. The van der Waals surface area contributed by atoms with Crippen LogP contribution in [0.2, 0.25) is 0 Å². The van der Waals surface area contributed by atoms with E-state index in [9.17, 15) is 39.5 Å². The number of nitrogen functional groups attached to an aromatic ring is 1. The van der Waals surface area contributed by atoms with Crippen molar-refractivity contribution in [1.29, 1.82) is 0 Å². The van der Waals surface area contributed by atoms with Gasteiger partial charge in [-0.1, -0.05) is 6.07 Å². The quantitative estimate of drug-likeness (QED) is 0.473. The summed E-state index contributed by atoms with van der Waals surface area (Å²) < 4.78 is 112. The lowest BCUT2D eigenvalue weighted by Crippen LogP contribution is -2.53. The van der Waals surface area contributed by atoms with E-state index in [4.69, 9.17) is 10.8 Å². The summed E-state index contributed by atoms with van der Waals surface area (Å²) in [7, 11) is 0. The van der Waals surface area contributed by atoms with Crippen molar-refractivity contribution in [3.63, 3.8) is 0 Å². The fourth-order valence-electron chi connectivity index (χ4n) is 1.46. The highest BCUT2D eigenvalue weighted by molar-refractivity contribution is 8.00. The SMILES string of the molecule is Nc1ccc(C(O)(C(F)(F)F)C(F)(F)F)cc1SC(F)(F)F. The van der Waals surface area contributed by atoms with Gasteiger partial charge in [-0.15, -0.1) is 0 Å². The van der Waals surface area contributed by atoms with E-state index < -0.39 is 51.4 Å². The van der Waals surface area contributed by atoms with Gasteiger partial charge in [0.25, 0.3) is 5.60 Å². The first kappa shape index (κ1) is 18.7. The highest BCUT2D eigenvalue weighted by atomic mass is 32.2. The number of hydrogen-bond donors (Lipinski definition) is 2. The van der Waals surface area contributed by atoms with E-state index >= 15 is 0 Å². The van der Waals surface area contributed by atoms with Gasteiger partial charge in [-0.2, -0.15) is 39.5 Å². The third-order valence-electron chi connectivity index (χ3n) is 2.48. The van der Waals surface area contributed by atoms with Gasteiger partial charge in [0.1, 0.15) is 0 Å². The van der Waals surface area contributed by atoms with Gasteiger partial charge >= 0.3 is 17.9 Å². The fourth-order valence-corrected chi connectivity index (χ4v) is 2.08. The highest BCUT2D eigenvalue weighted by Crippen LogP contribution is 2.51. The third-order valence-corrected chi connectivity index (χ3v) is 3.28. The molecule has 0 bridgehead atoms. The van der Waals surface area contributed by atoms with Crippen LogP contribution in [0.5, 0.6) is 0 Å². The Balaban J connectivity index is 3.50. The molecule has 0 amide bonds. The predicted molar refractivity (Wildman–Crippen MR) is 58.8 cm³/mol. The normalized spacial score (nSPS) is 14.3. The molecule has 0 spiro atoms. The van der Waals surface area contributed by atoms with E-state index in [2.05, 4.69) is 0 Å². The molecule has 0 saturated heterocycles. The minimum Gasteiger partial charge on any atom is -0.398 e. The molecule has 0 radical (unpaired) electrons. The van der Waals surface area contributed by atoms with Gasteiger partial charge in [0.05, 0.1) is 0 Å². The predicted octanol–water partition coefficient (Wildman–Crippen LogP) is 4.19. The van der Waals surface area contributed by atoms with Crippen molar-refractivity contribution in [2.24, 2.45) is 0 Å². The summed E-state index contributed by atoms with van der Waals surface area (Å²) in [4.78, 5) is -1.09. The van der Waals surface area contributed by atoms with Crippen LogP contribution in [0.3, 0.4) is 0 Å². The summed E-state index contributed by atoms with van der Waals surface area (Å²) >= 11 is -0.992. The van der Waals surface area contributed by atoms with Crippen molar-refractivity contribution in [3.8, 4) is 0 Å². The molecule has 126 valence electrons. The van der Waals surface area contributed by atoms with Crippen LogP contribution in [-0.2, 0) is 5.60 Å². The molecule has 1 aromatic carbocycles. The maximum atomic E-state index is 12.6. The van der Waals surface area contributed by atoms with Crippen molar-refractivity contribution >= 4 is 17.4 Å². The van der Waals surface area contributed by atoms with Gasteiger partial charge in [0, 0.05) is 16.1 Å². The van der Waals surface area contributed by atoms with E-state index in [1.54, 1.807) is 0 Å². The van der Waals surface area contributed by atoms with Gasteiger partial charge < -0.3 is 10.8 Å². The first-order valence-corrected chi connectivity index (χ1v) is 5.93. The Morgan fingerprint density at radius 2 is 1.32 bits per heavy atom. The molecular weight excluding hydrogens is 353 g/mol. The van der Waals surface area contributed by atoms with E-state index in [0.717, 1.165) is 0 Å². The summed E-state index contributed by atoms with van der Waals surface area (Å²) in [5.74, 6) is 0. The maximum Gasteiger partial charge on any atom is 0.446 e. The molecule has 2 nitrogen and oxygen atoms in total. The molecule has 0 heterocycles. The number of hydrogen-bond acceptors (Lipinski definition) is 3. The zero-order chi connectivity index (χ0) is 17.6. The maximum absolute atomic E-state index is 12.6. The molecule has 1 aromatic rings. The van der Waals surface area contributed by atoms with Crippen LogP contribution in [0, 0.1) is 0 Å². The van der Waals surface area contributed by atoms with Gasteiger partial charge in [-0.05, 0) is 23.9 Å². The average molecular weight is 359 g/mol. The van der Waals surface area contributed by atoms with Crippen LogP contribution < -0.4 is 5.73 Å². The van der Waals surface area contributed by atoms with E-state index in [1.165, 1.54) is 0 Å². The lowest BCUT2D eigenvalue weighted by atomic mass is 9.92. The fraction of sp³-hybridized carbons (Fsp3) is 0.400. The van der Waals surface area contributed by atoms with Crippen molar-refractivity contribution < 1.29 is 44.6 Å². The van der Waals surface area contributed by atoms with Crippen molar-refractivity contribution in [2.45, 2.75) is 28.4 Å². The average Bonchev–Trinajstić information content (AvgIpc) is 2.26. The summed E-state index contributed by atoms with van der Waals surface area (Å²) in [6.45, 7) is 0. The van der Waals surface area contributed by atoms with E-state index in [1.807, 2.05) is 0 Å². The zero-order valence-electron chi connectivity index (χ0n) is 10.1. The lowest BCUT2D eigenvalue weighted by molar-refractivity contribution is -0.376. The minimum absolute atomic E-state index is 0.0888. The molecule has 12 heteroatoms.